The summed E-state index contributed by atoms with van der Waals surface area (Å²) in [5.74, 6) is 0.696. The highest BCUT2D eigenvalue weighted by atomic mass is 16.6. The number of hydrogen-bond donors (Lipinski definition) is 0. The van der Waals surface area contributed by atoms with Crippen LogP contribution in [0.3, 0.4) is 0 Å². The summed E-state index contributed by atoms with van der Waals surface area (Å²) in [4.78, 5) is 14.0. The molecule has 17 heavy (non-hydrogen) atoms. The molecule has 1 aromatic carbocycles. The number of aromatic nitrogens is 1. The van der Waals surface area contributed by atoms with Gasteiger partial charge in [0.1, 0.15) is 5.75 Å². The standard InChI is InChI=1S/C12H10N2O3/c1-17-10-2-3-12-11(8-10)9(4-6-13-12)5-7-14(15)16/h2-8H,1H3. The van der Waals surface area contributed by atoms with E-state index in [0.29, 0.717) is 5.75 Å². The van der Waals surface area contributed by atoms with Crippen molar-refractivity contribution < 1.29 is 9.66 Å². The summed E-state index contributed by atoms with van der Waals surface area (Å²) in [6.45, 7) is 0. The first-order valence-corrected chi connectivity index (χ1v) is 4.95. The fourth-order valence-corrected chi connectivity index (χ4v) is 1.56. The molecule has 0 saturated carbocycles. The van der Waals surface area contributed by atoms with Crippen LogP contribution < -0.4 is 4.74 Å². The zero-order valence-corrected chi connectivity index (χ0v) is 9.16. The molecule has 5 heteroatoms. The summed E-state index contributed by atoms with van der Waals surface area (Å²) < 4.78 is 5.12. The highest BCUT2D eigenvalue weighted by molar-refractivity contribution is 5.88. The van der Waals surface area contributed by atoms with Crippen molar-refractivity contribution in [3.63, 3.8) is 0 Å². The molecule has 1 aromatic heterocycles. The van der Waals surface area contributed by atoms with Crippen LogP contribution >= 0.6 is 0 Å². The lowest BCUT2D eigenvalue weighted by Crippen LogP contribution is -1.87. The largest absolute Gasteiger partial charge is 0.497 e. The highest BCUT2D eigenvalue weighted by Gasteiger charge is 2.02. The van der Waals surface area contributed by atoms with Crippen molar-refractivity contribution >= 4 is 17.0 Å². The third-order valence-electron chi connectivity index (χ3n) is 2.36. The Kier molecular flexibility index (Phi) is 3.00. The van der Waals surface area contributed by atoms with Crippen LogP contribution in [0.25, 0.3) is 17.0 Å². The lowest BCUT2D eigenvalue weighted by atomic mass is 10.1. The fourth-order valence-electron chi connectivity index (χ4n) is 1.56. The fraction of sp³-hybridized carbons (Fsp3) is 0.0833. The van der Waals surface area contributed by atoms with Crippen molar-refractivity contribution in [1.29, 1.82) is 0 Å². The van der Waals surface area contributed by atoms with E-state index in [2.05, 4.69) is 4.98 Å². The Balaban J connectivity index is 2.58. The van der Waals surface area contributed by atoms with Gasteiger partial charge in [-0.3, -0.25) is 15.1 Å². The van der Waals surface area contributed by atoms with Crippen molar-refractivity contribution in [2.75, 3.05) is 7.11 Å². The molecule has 2 rings (SSSR count). The van der Waals surface area contributed by atoms with Crippen molar-refractivity contribution in [1.82, 2.24) is 4.98 Å². The number of nitro groups is 1. The molecule has 0 saturated heterocycles. The first kappa shape index (κ1) is 11.1. The van der Waals surface area contributed by atoms with Crippen LogP contribution in [0.5, 0.6) is 5.75 Å². The SMILES string of the molecule is COc1ccc2nccc(C=C[N+](=O)[O-])c2c1. The second-order valence-electron chi connectivity index (χ2n) is 3.38. The molecule has 0 amide bonds. The maximum atomic E-state index is 10.3. The molecule has 1 heterocycles. The van der Waals surface area contributed by atoms with Crippen molar-refractivity contribution in [2.45, 2.75) is 0 Å². The van der Waals surface area contributed by atoms with Gasteiger partial charge < -0.3 is 4.74 Å². The summed E-state index contributed by atoms with van der Waals surface area (Å²) in [5, 5.41) is 11.1. The average molecular weight is 230 g/mol. The van der Waals surface area contributed by atoms with Gasteiger partial charge >= 0.3 is 0 Å². The zero-order chi connectivity index (χ0) is 12.3. The molecular weight excluding hydrogens is 220 g/mol. The van der Waals surface area contributed by atoms with Crippen LogP contribution in [0.1, 0.15) is 5.56 Å². The maximum absolute atomic E-state index is 10.3. The lowest BCUT2D eigenvalue weighted by molar-refractivity contribution is -0.400. The van der Waals surface area contributed by atoms with Crippen LogP contribution in [-0.2, 0) is 0 Å². The zero-order valence-electron chi connectivity index (χ0n) is 9.16. The molecular formula is C12H10N2O3. The van der Waals surface area contributed by atoms with Crippen LogP contribution in [0, 0.1) is 10.1 Å². The molecule has 0 spiro atoms. The van der Waals surface area contributed by atoms with E-state index >= 15 is 0 Å². The molecule has 0 aliphatic rings. The quantitative estimate of drug-likeness (QED) is 0.600. The van der Waals surface area contributed by atoms with Crippen LogP contribution in [0.2, 0.25) is 0 Å². The van der Waals surface area contributed by atoms with E-state index in [1.807, 2.05) is 12.1 Å². The molecule has 0 radical (unpaired) electrons. The van der Waals surface area contributed by atoms with Gasteiger partial charge in [-0.15, -0.1) is 0 Å². The van der Waals surface area contributed by atoms with Gasteiger partial charge in [-0.2, -0.15) is 0 Å². The van der Waals surface area contributed by atoms with Gasteiger partial charge in [-0.05, 0) is 29.8 Å². The van der Waals surface area contributed by atoms with Crippen molar-refractivity contribution in [3.05, 3.63) is 52.3 Å². The van der Waals surface area contributed by atoms with Crippen molar-refractivity contribution in [3.8, 4) is 5.75 Å². The Labute approximate surface area is 97.5 Å². The van der Waals surface area contributed by atoms with E-state index in [1.54, 1.807) is 25.4 Å². The topological polar surface area (TPSA) is 65.3 Å². The number of nitrogens with zero attached hydrogens (tertiary/aromatic N) is 2. The van der Waals surface area contributed by atoms with E-state index in [4.69, 9.17) is 4.74 Å². The van der Waals surface area contributed by atoms with Gasteiger partial charge in [0, 0.05) is 17.7 Å². The molecule has 5 nitrogen and oxygen atoms in total. The molecule has 0 atom stereocenters. The molecule has 0 aliphatic carbocycles. The van der Waals surface area contributed by atoms with Crippen LogP contribution in [0.4, 0.5) is 0 Å². The summed E-state index contributed by atoms with van der Waals surface area (Å²) in [7, 11) is 1.57. The molecule has 0 N–H and O–H groups in total. The maximum Gasteiger partial charge on any atom is 0.235 e. The van der Waals surface area contributed by atoms with Gasteiger partial charge in [-0.25, -0.2) is 0 Å². The predicted molar refractivity (Wildman–Crippen MR) is 64.3 cm³/mol. The first-order valence-electron chi connectivity index (χ1n) is 4.95. The molecule has 0 aliphatic heterocycles. The highest BCUT2D eigenvalue weighted by Crippen LogP contribution is 2.23. The van der Waals surface area contributed by atoms with E-state index < -0.39 is 4.92 Å². The minimum atomic E-state index is -0.494. The predicted octanol–water partition coefficient (Wildman–Crippen LogP) is 2.49. The number of hydrogen-bond acceptors (Lipinski definition) is 4. The van der Waals surface area contributed by atoms with E-state index in [1.165, 1.54) is 6.08 Å². The number of benzene rings is 1. The van der Waals surface area contributed by atoms with Gasteiger partial charge in [-0.1, -0.05) is 0 Å². The number of methoxy groups -OCH3 is 1. The van der Waals surface area contributed by atoms with E-state index in [0.717, 1.165) is 22.7 Å². The van der Waals surface area contributed by atoms with E-state index in [-0.39, 0.29) is 0 Å². The van der Waals surface area contributed by atoms with Crippen molar-refractivity contribution in [2.24, 2.45) is 0 Å². The van der Waals surface area contributed by atoms with Crippen LogP contribution in [0.15, 0.2) is 36.7 Å². The Morgan fingerprint density at radius 1 is 1.41 bits per heavy atom. The minimum absolute atomic E-state index is 0.494. The Morgan fingerprint density at radius 2 is 2.24 bits per heavy atom. The minimum Gasteiger partial charge on any atom is -0.497 e. The summed E-state index contributed by atoms with van der Waals surface area (Å²) in [6, 6.07) is 7.15. The molecule has 0 unspecified atom stereocenters. The summed E-state index contributed by atoms with van der Waals surface area (Å²) in [6.07, 6.45) is 3.98. The Hall–Kier alpha value is -2.43. The number of ether oxygens (including phenoxy) is 1. The number of rotatable bonds is 3. The van der Waals surface area contributed by atoms with Gasteiger partial charge in [0.2, 0.25) is 6.20 Å². The second-order valence-corrected chi connectivity index (χ2v) is 3.38. The molecule has 86 valence electrons. The van der Waals surface area contributed by atoms with Gasteiger partial charge in [0.05, 0.1) is 17.5 Å². The second kappa shape index (κ2) is 4.61. The van der Waals surface area contributed by atoms with Gasteiger partial charge in [0.15, 0.2) is 0 Å². The molecule has 0 bridgehead atoms. The third kappa shape index (κ3) is 2.39. The molecule has 0 fully saturated rings. The third-order valence-corrected chi connectivity index (χ3v) is 2.36. The van der Waals surface area contributed by atoms with E-state index in [9.17, 15) is 10.1 Å². The summed E-state index contributed by atoms with van der Waals surface area (Å²) >= 11 is 0. The van der Waals surface area contributed by atoms with Gasteiger partial charge in [0.25, 0.3) is 0 Å². The summed E-state index contributed by atoms with van der Waals surface area (Å²) in [5.41, 5.74) is 1.52. The smallest absolute Gasteiger partial charge is 0.235 e. The normalized spacial score (nSPS) is 10.9. The Bertz CT molecular complexity index is 593. The first-order chi connectivity index (χ1) is 8.20. The van der Waals surface area contributed by atoms with Crippen LogP contribution in [-0.4, -0.2) is 17.0 Å². The average Bonchev–Trinajstić information content (AvgIpc) is 2.35. The lowest BCUT2D eigenvalue weighted by Gasteiger charge is -2.03. The monoisotopic (exact) mass is 230 g/mol. The number of pyridine rings is 1. The molecule has 2 aromatic rings. The number of fused-ring (bicyclic) bond motifs is 1. The Morgan fingerprint density at radius 3 is 2.94 bits per heavy atom.